The van der Waals surface area contributed by atoms with Gasteiger partial charge in [-0.05, 0) is 18.1 Å². The van der Waals surface area contributed by atoms with Crippen molar-refractivity contribution in [1.82, 2.24) is 14.4 Å². The monoisotopic (exact) mass is 353 g/mol. The number of para-hydroxylation sites is 1. The molecule has 4 amide bonds. The largest absolute Gasteiger partial charge is 0.347 e. The molecule has 2 heterocycles. The molecule has 0 spiro atoms. The molecule has 0 N–H and O–H groups in total. The van der Waals surface area contributed by atoms with E-state index in [9.17, 15) is 14.4 Å². The van der Waals surface area contributed by atoms with Crippen molar-refractivity contribution in [3.8, 4) is 0 Å². The van der Waals surface area contributed by atoms with Gasteiger partial charge in [0.2, 0.25) is 0 Å². The zero-order valence-corrected chi connectivity index (χ0v) is 15.5. The Bertz CT molecular complexity index is 900. The Morgan fingerprint density at radius 1 is 1.04 bits per heavy atom. The summed E-state index contributed by atoms with van der Waals surface area (Å²) in [5, 5.41) is 0.978. The highest BCUT2D eigenvalue weighted by Gasteiger charge is 2.37. The number of rotatable bonds is 4. The molecule has 3 rings (SSSR count). The first-order valence-corrected chi connectivity index (χ1v) is 8.74. The summed E-state index contributed by atoms with van der Waals surface area (Å²) >= 11 is 0. The number of imide groups is 2. The molecule has 1 atom stereocenters. The van der Waals surface area contributed by atoms with Crippen LogP contribution in [0.2, 0.25) is 0 Å². The van der Waals surface area contributed by atoms with Crippen molar-refractivity contribution in [2.24, 2.45) is 5.92 Å². The predicted octanol–water partition coefficient (Wildman–Crippen LogP) is 3.12. The number of fused-ring (bicyclic) bond motifs is 1. The minimum atomic E-state index is -0.614. The van der Waals surface area contributed by atoms with Gasteiger partial charge in [-0.2, -0.15) is 0 Å². The van der Waals surface area contributed by atoms with Crippen LogP contribution >= 0.6 is 0 Å². The van der Waals surface area contributed by atoms with Gasteiger partial charge in [0.25, 0.3) is 11.8 Å². The van der Waals surface area contributed by atoms with E-state index in [2.05, 4.69) is 18.4 Å². The van der Waals surface area contributed by atoms with E-state index in [0.717, 1.165) is 39.2 Å². The number of likely N-dealkylation sites (N-methyl/N-ethyl adjacent to an activating group) is 2. The fourth-order valence-electron chi connectivity index (χ4n) is 3.14. The average molecular weight is 353 g/mol. The number of aromatic nitrogens is 1. The molecular formula is C20H23N3O3. The number of nitrogens with zero attached hydrogens (tertiary/aromatic N) is 3. The Morgan fingerprint density at radius 3 is 2.27 bits per heavy atom. The molecule has 2 aromatic rings. The number of carbonyl (C=O) groups excluding carboxylic acids is 3. The van der Waals surface area contributed by atoms with E-state index in [1.54, 1.807) is 6.08 Å². The van der Waals surface area contributed by atoms with Gasteiger partial charge in [-0.3, -0.25) is 19.4 Å². The fourth-order valence-corrected chi connectivity index (χ4v) is 3.14. The van der Waals surface area contributed by atoms with Crippen LogP contribution in [-0.4, -0.2) is 46.3 Å². The summed E-state index contributed by atoms with van der Waals surface area (Å²) < 4.78 is 2.16. The lowest BCUT2D eigenvalue weighted by Crippen LogP contribution is -2.52. The highest BCUT2D eigenvalue weighted by atomic mass is 16.2. The highest BCUT2D eigenvalue weighted by Crippen LogP contribution is 2.26. The number of hydrogen-bond donors (Lipinski definition) is 0. The van der Waals surface area contributed by atoms with E-state index in [0.29, 0.717) is 5.92 Å². The van der Waals surface area contributed by atoms with Gasteiger partial charge < -0.3 is 4.57 Å². The second-order valence-corrected chi connectivity index (χ2v) is 6.84. The Labute approximate surface area is 152 Å². The molecule has 1 aliphatic heterocycles. The number of amides is 4. The molecule has 0 saturated carbocycles. The maximum Gasteiger partial charge on any atom is 0.333 e. The maximum absolute atomic E-state index is 12.4. The third-order valence-electron chi connectivity index (χ3n) is 4.97. The van der Waals surface area contributed by atoms with Gasteiger partial charge >= 0.3 is 6.03 Å². The Morgan fingerprint density at radius 2 is 1.65 bits per heavy atom. The number of hydrogen-bond acceptors (Lipinski definition) is 3. The van der Waals surface area contributed by atoms with E-state index in [1.165, 1.54) is 14.1 Å². The van der Waals surface area contributed by atoms with Gasteiger partial charge in [-0.1, -0.05) is 38.5 Å². The van der Waals surface area contributed by atoms with Crippen LogP contribution in [0.3, 0.4) is 0 Å². The summed E-state index contributed by atoms with van der Waals surface area (Å²) in [7, 11) is 2.77. The standard InChI is InChI=1S/C20H23N3O3/c1-5-13(2)11-23-12-14(15-8-6-7-9-17(15)23)10-16-18(24)21(3)20(26)22(4)19(16)25/h6-10,12-13H,5,11H2,1-4H3/t13-/m1/s1. The summed E-state index contributed by atoms with van der Waals surface area (Å²) in [6.07, 6.45) is 4.64. The minimum Gasteiger partial charge on any atom is -0.347 e. The molecular weight excluding hydrogens is 330 g/mol. The molecule has 6 heteroatoms. The third kappa shape index (κ3) is 2.92. The van der Waals surface area contributed by atoms with E-state index in [-0.39, 0.29) is 5.57 Å². The average Bonchev–Trinajstić information content (AvgIpc) is 2.99. The van der Waals surface area contributed by atoms with Crippen molar-refractivity contribution in [2.45, 2.75) is 26.8 Å². The maximum atomic E-state index is 12.4. The Balaban J connectivity index is 2.11. The topological polar surface area (TPSA) is 62.6 Å². The second kappa shape index (κ2) is 6.78. The number of benzene rings is 1. The van der Waals surface area contributed by atoms with Crippen LogP contribution < -0.4 is 0 Å². The molecule has 1 aromatic heterocycles. The predicted molar refractivity (Wildman–Crippen MR) is 100 cm³/mol. The van der Waals surface area contributed by atoms with Gasteiger partial charge in [0.15, 0.2) is 0 Å². The van der Waals surface area contributed by atoms with Gasteiger partial charge in [-0.25, -0.2) is 4.79 Å². The van der Waals surface area contributed by atoms with Crippen LogP contribution in [0.25, 0.3) is 17.0 Å². The minimum absolute atomic E-state index is 0.000966. The normalized spacial score (nSPS) is 16.6. The zero-order chi connectivity index (χ0) is 19.0. The van der Waals surface area contributed by atoms with E-state index < -0.39 is 17.8 Å². The summed E-state index contributed by atoms with van der Waals surface area (Å²) in [5.41, 5.74) is 1.87. The first-order chi connectivity index (χ1) is 12.3. The lowest BCUT2D eigenvalue weighted by Gasteiger charge is -2.28. The first kappa shape index (κ1) is 17.9. The lowest BCUT2D eigenvalue weighted by molar-refractivity contribution is -0.134. The lowest BCUT2D eigenvalue weighted by atomic mass is 10.1. The molecule has 0 unspecified atom stereocenters. The number of carbonyl (C=O) groups is 3. The van der Waals surface area contributed by atoms with E-state index >= 15 is 0 Å². The van der Waals surface area contributed by atoms with Crippen molar-refractivity contribution in [3.63, 3.8) is 0 Å². The molecule has 26 heavy (non-hydrogen) atoms. The van der Waals surface area contributed by atoms with Gasteiger partial charge in [0, 0.05) is 43.3 Å². The van der Waals surface area contributed by atoms with Gasteiger partial charge in [-0.15, -0.1) is 0 Å². The molecule has 1 fully saturated rings. The van der Waals surface area contributed by atoms with Crippen LogP contribution in [-0.2, 0) is 16.1 Å². The molecule has 0 radical (unpaired) electrons. The van der Waals surface area contributed by atoms with Gasteiger partial charge in [0.1, 0.15) is 5.57 Å². The summed E-state index contributed by atoms with van der Waals surface area (Å²) in [5.74, 6) is -0.632. The zero-order valence-electron chi connectivity index (χ0n) is 15.5. The van der Waals surface area contributed by atoms with Crippen molar-refractivity contribution in [1.29, 1.82) is 0 Å². The second-order valence-electron chi connectivity index (χ2n) is 6.84. The molecule has 0 aliphatic carbocycles. The van der Waals surface area contributed by atoms with Gasteiger partial charge in [0.05, 0.1) is 0 Å². The third-order valence-corrected chi connectivity index (χ3v) is 4.97. The van der Waals surface area contributed by atoms with Crippen molar-refractivity contribution >= 4 is 34.8 Å². The van der Waals surface area contributed by atoms with Crippen LogP contribution in [0.5, 0.6) is 0 Å². The van der Waals surface area contributed by atoms with Crippen LogP contribution in [0.1, 0.15) is 25.8 Å². The smallest absolute Gasteiger partial charge is 0.333 e. The van der Waals surface area contributed by atoms with E-state index in [4.69, 9.17) is 0 Å². The molecule has 1 aromatic carbocycles. The first-order valence-electron chi connectivity index (χ1n) is 8.74. The molecule has 136 valence electrons. The van der Waals surface area contributed by atoms with Crippen molar-refractivity contribution < 1.29 is 14.4 Å². The SMILES string of the molecule is CC[C@@H](C)Cn1cc(C=C2C(=O)N(C)C(=O)N(C)C2=O)c2ccccc21. The fraction of sp³-hybridized carbons (Fsp3) is 0.350. The van der Waals surface area contributed by atoms with Crippen LogP contribution in [0.15, 0.2) is 36.0 Å². The van der Waals surface area contributed by atoms with Crippen molar-refractivity contribution in [2.75, 3.05) is 14.1 Å². The summed E-state index contributed by atoms with van der Waals surface area (Å²) in [4.78, 5) is 38.7. The Hall–Kier alpha value is -2.89. The Kier molecular flexibility index (Phi) is 4.68. The molecule has 0 bridgehead atoms. The van der Waals surface area contributed by atoms with Crippen LogP contribution in [0.4, 0.5) is 4.79 Å². The van der Waals surface area contributed by atoms with Crippen molar-refractivity contribution in [3.05, 3.63) is 41.6 Å². The molecule has 1 aliphatic rings. The molecule has 6 nitrogen and oxygen atoms in total. The summed E-state index contributed by atoms with van der Waals surface area (Å²) in [6, 6.07) is 7.31. The highest BCUT2D eigenvalue weighted by molar-refractivity contribution is 6.31. The van der Waals surface area contributed by atoms with E-state index in [1.807, 2.05) is 30.5 Å². The van der Waals surface area contributed by atoms with Crippen LogP contribution in [0, 0.1) is 5.92 Å². The summed E-state index contributed by atoms with van der Waals surface area (Å²) in [6.45, 7) is 5.21. The number of barbiturate groups is 1. The molecule has 1 saturated heterocycles. The number of urea groups is 1. The quantitative estimate of drug-likeness (QED) is 0.627.